The summed E-state index contributed by atoms with van der Waals surface area (Å²) in [6, 6.07) is 0. The first-order valence-corrected chi connectivity index (χ1v) is 4.22. The second-order valence-corrected chi connectivity index (χ2v) is 3.99. The summed E-state index contributed by atoms with van der Waals surface area (Å²) in [6.07, 6.45) is 0.331. The van der Waals surface area contributed by atoms with E-state index in [0.29, 0.717) is 13.0 Å². The van der Waals surface area contributed by atoms with Gasteiger partial charge in [-0.05, 0) is 32.5 Å². The van der Waals surface area contributed by atoms with E-state index < -0.39 is 0 Å². The Labute approximate surface area is 78.7 Å². The second-order valence-electron chi connectivity index (χ2n) is 3.58. The SMILES string of the molecule is COC(=O)CCN(Cl)C(C)(C)C. The van der Waals surface area contributed by atoms with Crippen molar-refractivity contribution in [3.8, 4) is 0 Å². The predicted molar refractivity (Wildman–Crippen MR) is 48.9 cm³/mol. The third-order valence-electron chi connectivity index (χ3n) is 1.47. The maximum absolute atomic E-state index is 10.7. The maximum Gasteiger partial charge on any atom is 0.306 e. The fourth-order valence-corrected chi connectivity index (χ4v) is 0.711. The Kier molecular flexibility index (Phi) is 4.57. The van der Waals surface area contributed by atoms with Crippen molar-refractivity contribution in [2.75, 3.05) is 13.7 Å². The summed E-state index contributed by atoms with van der Waals surface area (Å²) in [5, 5.41) is 0. The third kappa shape index (κ3) is 4.57. The molecule has 12 heavy (non-hydrogen) atoms. The number of esters is 1. The van der Waals surface area contributed by atoms with Crippen LogP contribution in [0.15, 0.2) is 0 Å². The quantitative estimate of drug-likeness (QED) is 0.506. The van der Waals surface area contributed by atoms with Gasteiger partial charge in [0.2, 0.25) is 0 Å². The minimum Gasteiger partial charge on any atom is -0.469 e. The Morgan fingerprint density at radius 2 is 2.00 bits per heavy atom. The standard InChI is InChI=1S/C8H16ClNO2/c1-8(2,3)10(9)6-5-7(11)12-4/h5-6H2,1-4H3. The fourth-order valence-electron chi connectivity index (χ4n) is 0.627. The van der Waals surface area contributed by atoms with Crippen LogP contribution in [0.2, 0.25) is 0 Å². The van der Waals surface area contributed by atoms with Crippen molar-refractivity contribution in [2.24, 2.45) is 0 Å². The van der Waals surface area contributed by atoms with E-state index in [-0.39, 0.29) is 11.5 Å². The fraction of sp³-hybridized carbons (Fsp3) is 0.875. The highest BCUT2D eigenvalue weighted by Crippen LogP contribution is 2.15. The van der Waals surface area contributed by atoms with Crippen LogP contribution >= 0.6 is 11.8 Å². The van der Waals surface area contributed by atoms with Crippen molar-refractivity contribution >= 4 is 17.7 Å². The van der Waals surface area contributed by atoms with Gasteiger partial charge in [-0.3, -0.25) is 4.79 Å². The summed E-state index contributed by atoms with van der Waals surface area (Å²) in [4.78, 5) is 10.7. The minimum absolute atomic E-state index is 0.115. The van der Waals surface area contributed by atoms with Crippen LogP contribution in [0.25, 0.3) is 0 Å². The minimum atomic E-state index is -0.232. The van der Waals surface area contributed by atoms with Crippen LogP contribution in [0.3, 0.4) is 0 Å². The molecule has 0 saturated heterocycles. The highest BCUT2D eigenvalue weighted by molar-refractivity contribution is 6.13. The molecule has 0 amide bonds. The zero-order valence-electron chi connectivity index (χ0n) is 8.06. The van der Waals surface area contributed by atoms with Crippen molar-refractivity contribution in [3.05, 3.63) is 0 Å². The number of halogens is 1. The number of methoxy groups -OCH3 is 1. The van der Waals surface area contributed by atoms with Crippen molar-refractivity contribution in [2.45, 2.75) is 32.7 Å². The van der Waals surface area contributed by atoms with Crippen LogP contribution in [0.5, 0.6) is 0 Å². The van der Waals surface area contributed by atoms with E-state index in [2.05, 4.69) is 4.74 Å². The largest absolute Gasteiger partial charge is 0.469 e. The molecular weight excluding hydrogens is 178 g/mol. The summed E-state index contributed by atoms with van der Waals surface area (Å²) in [5.41, 5.74) is -0.115. The molecule has 0 fully saturated rings. The molecule has 0 radical (unpaired) electrons. The molecule has 0 aliphatic rings. The lowest BCUT2D eigenvalue weighted by molar-refractivity contribution is -0.140. The van der Waals surface area contributed by atoms with Crippen LogP contribution < -0.4 is 0 Å². The molecule has 0 unspecified atom stereocenters. The first-order chi connectivity index (χ1) is 5.38. The van der Waals surface area contributed by atoms with Gasteiger partial charge in [0.15, 0.2) is 0 Å². The van der Waals surface area contributed by atoms with Gasteiger partial charge < -0.3 is 4.74 Å². The van der Waals surface area contributed by atoms with Gasteiger partial charge in [0.25, 0.3) is 0 Å². The van der Waals surface area contributed by atoms with Crippen molar-refractivity contribution < 1.29 is 9.53 Å². The summed E-state index contributed by atoms with van der Waals surface area (Å²) in [5.74, 6) is -0.232. The van der Waals surface area contributed by atoms with Crippen molar-refractivity contribution in [1.29, 1.82) is 0 Å². The van der Waals surface area contributed by atoms with Crippen LogP contribution in [-0.2, 0) is 9.53 Å². The molecule has 0 aliphatic carbocycles. The third-order valence-corrected chi connectivity index (χ3v) is 2.14. The summed E-state index contributed by atoms with van der Waals surface area (Å²) in [7, 11) is 1.37. The van der Waals surface area contributed by atoms with Gasteiger partial charge in [0, 0.05) is 12.1 Å². The Hall–Kier alpha value is -0.280. The van der Waals surface area contributed by atoms with E-state index in [1.54, 1.807) is 4.42 Å². The predicted octanol–water partition coefficient (Wildman–Crippen LogP) is 1.80. The van der Waals surface area contributed by atoms with Gasteiger partial charge in [0.05, 0.1) is 13.5 Å². The molecule has 72 valence electrons. The van der Waals surface area contributed by atoms with E-state index >= 15 is 0 Å². The second kappa shape index (κ2) is 4.67. The Morgan fingerprint density at radius 1 is 1.50 bits per heavy atom. The van der Waals surface area contributed by atoms with Gasteiger partial charge in [-0.1, -0.05) is 0 Å². The van der Waals surface area contributed by atoms with E-state index in [4.69, 9.17) is 11.8 Å². The highest BCUT2D eigenvalue weighted by Gasteiger charge is 2.19. The lowest BCUT2D eigenvalue weighted by atomic mass is 10.1. The first-order valence-electron chi connectivity index (χ1n) is 3.88. The zero-order valence-corrected chi connectivity index (χ0v) is 8.81. The molecule has 4 heteroatoms. The highest BCUT2D eigenvalue weighted by atomic mass is 35.5. The Bertz CT molecular complexity index is 154. The lowest BCUT2D eigenvalue weighted by Gasteiger charge is -2.28. The van der Waals surface area contributed by atoms with Gasteiger partial charge >= 0.3 is 5.97 Å². The van der Waals surface area contributed by atoms with Crippen LogP contribution in [0, 0.1) is 0 Å². The molecule has 0 aliphatic heterocycles. The van der Waals surface area contributed by atoms with Gasteiger partial charge in [-0.25, -0.2) is 4.42 Å². The summed E-state index contributed by atoms with van der Waals surface area (Å²) < 4.78 is 6.09. The molecule has 0 rings (SSSR count). The van der Waals surface area contributed by atoms with E-state index in [1.165, 1.54) is 7.11 Å². The summed E-state index contributed by atoms with van der Waals surface area (Å²) in [6.45, 7) is 6.46. The monoisotopic (exact) mass is 193 g/mol. The van der Waals surface area contributed by atoms with E-state index in [0.717, 1.165) is 0 Å². The molecule has 0 bridgehead atoms. The number of ether oxygens (including phenoxy) is 1. The van der Waals surface area contributed by atoms with Crippen molar-refractivity contribution in [3.63, 3.8) is 0 Å². The smallest absolute Gasteiger partial charge is 0.306 e. The van der Waals surface area contributed by atoms with Gasteiger partial charge in [0.1, 0.15) is 0 Å². The number of hydrogen-bond donors (Lipinski definition) is 0. The Balaban J connectivity index is 3.72. The van der Waals surface area contributed by atoms with Gasteiger partial charge in [-0.15, -0.1) is 0 Å². The Morgan fingerprint density at radius 3 is 2.33 bits per heavy atom. The average Bonchev–Trinajstić information content (AvgIpc) is 1.97. The first kappa shape index (κ1) is 11.7. The molecule has 0 aromatic heterocycles. The van der Waals surface area contributed by atoms with Crippen LogP contribution in [-0.4, -0.2) is 29.6 Å². The normalized spacial score (nSPS) is 11.8. The molecule has 0 spiro atoms. The molecule has 0 atom stereocenters. The average molecular weight is 194 g/mol. The molecule has 0 heterocycles. The topological polar surface area (TPSA) is 29.5 Å². The summed E-state index contributed by atoms with van der Waals surface area (Å²) >= 11 is 5.88. The number of hydrogen-bond acceptors (Lipinski definition) is 3. The van der Waals surface area contributed by atoms with E-state index in [1.807, 2.05) is 20.8 Å². The molecule has 3 nitrogen and oxygen atoms in total. The van der Waals surface area contributed by atoms with Crippen molar-refractivity contribution in [1.82, 2.24) is 4.42 Å². The zero-order chi connectivity index (χ0) is 9.78. The van der Waals surface area contributed by atoms with Gasteiger partial charge in [-0.2, -0.15) is 0 Å². The number of rotatable bonds is 3. The molecular formula is C8H16ClNO2. The number of carbonyl (C=O) groups is 1. The number of carbonyl (C=O) groups excluding carboxylic acids is 1. The maximum atomic E-state index is 10.7. The van der Waals surface area contributed by atoms with E-state index in [9.17, 15) is 4.79 Å². The molecule has 0 saturated carbocycles. The molecule has 0 aromatic rings. The lowest BCUT2D eigenvalue weighted by Crippen LogP contribution is -2.35. The van der Waals surface area contributed by atoms with Crippen LogP contribution in [0.4, 0.5) is 0 Å². The molecule has 0 N–H and O–H groups in total. The molecule has 0 aromatic carbocycles. The number of nitrogens with zero attached hydrogens (tertiary/aromatic N) is 1. The van der Waals surface area contributed by atoms with Crippen LogP contribution in [0.1, 0.15) is 27.2 Å².